The van der Waals surface area contributed by atoms with Crippen molar-refractivity contribution in [3.8, 4) is 5.75 Å². The summed E-state index contributed by atoms with van der Waals surface area (Å²) in [7, 11) is 0. The molecule has 32 heavy (non-hydrogen) atoms. The van der Waals surface area contributed by atoms with E-state index in [9.17, 15) is 0 Å². The van der Waals surface area contributed by atoms with Gasteiger partial charge in [-0.2, -0.15) is 0 Å². The Kier molecular flexibility index (Phi) is 12.7. The van der Waals surface area contributed by atoms with Crippen LogP contribution < -0.4 is 4.74 Å². The highest BCUT2D eigenvalue weighted by molar-refractivity contribution is 9.10. The molecule has 2 aromatic carbocycles. The van der Waals surface area contributed by atoms with Crippen LogP contribution in [0.3, 0.4) is 0 Å². The lowest BCUT2D eigenvalue weighted by Gasteiger charge is -2.29. The highest BCUT2D eigenvalue weighted by Crippen LogP contribution is 2.26. The summed E-state index contributed by atoms with van der Waals surface area (Å²) in [5.74, 6) is 0.943. The second-order valence-electron chi connectivity index (χ2n) is 8.00. The van der Waals surface area contributed by atoms with Crippen molar-refractivity contribution in [2.24, 2.45) is 0 Å². The second-order valence-corrected chi connectivity index (χ2v) is 9.35. The first-order valence-corrected chi connectivity index (χ1v) is 13.0. The molecule has 0 N–H and O–H groups in total. The second kappa shape index (κ2) is 14.9. The van der Waals surface area contributed by atoms with Crippen molar-refractivity contribution in [1.82, 2.24) is 14.7 Å². The molecule has 0 heterocycles. The van der Waals surface area contributed by atoms with Crippen LogP contribution in [0.1, 0.15) is 38.8 Å². The molecule has 6 heteroatoms. The van der Waals surface area contributed by atoms with E-state index in [0.29, 0.717) is 6.61 Å². The molecule has 0 aliphatic carbocycles. The summed E-state index contributed by atoms with van der Waals surface area (Å²) in [6, 6.07) is 14.2. The summed E-state index contributed by atoms with van der Waals surface area (Å²) in [4.78, 5) is 7.54. The van der Waals surface area contributed by atoms with Gasteiger partial charge in [-0.15, -0.1) is 0 Å². The summed E-state index contributed by atoms with van der Waals surface area (Å²) in [5, 5.41) is 0.745. The van der Waals surface area contributed by atoms with Gasteiger partial charge in [-0.05, 0) is 62.1 Å². The predicted molar refractivity (Wildman–Crippen MR) is 141 cm³/mol. The molecule has 0 aliphatic rings. The van der Waals surface area contributed by atoms with Crippen molar-refractivity contribution >= 4 is 27.5 Å². The topological polar surface area (TPSA) is 19.0 Å². The molecule has 178 valence electrons. The first kappa shape index (κ1) is 27.1. The van der Waals surface area contributed by atoms with Crippen LogP contribution in [0.4, 0.5) is 0 Å². The molecule has 2 aromatic rings. The third-order valence-corrected chi connectivity index (χ3v) is 6.72. The Hall–Kier alpha value is -1.11. The fourth-order valence-electron chi connectivity index (χ4n) is 3.71. The van der Waals surface area contributed by atoms with Gasteiger partial charge in [0.25, 0.3) is 0 Å². The van der Waals surface area contributed by atoms with E-state index in [2.05, 4.69) is 76.5 Å². The minimum atomic E-state index is 0.532. The Labute approximate surface area is 208 Å². The first-order valence-electron chi connectivity index (χ1n) is 11.8. The highest BCUT2D eigenvalue weighted by Gasteiger charge is 2.14. The van der Waals surface area contributed by atoms with Crippen LogP contribution in [-0.2, 0) is 13.2 Å². The van der Waals surface area contributed by atoms with Crippen LogP contribution in [0.25, 0.3) is 0 Å². The molecule has 0 bridgehead atoms. The first-order chi connectivity index (χ1) is 15.5. The summed E-state index contributed by atoms with van der Waals surface area (Å²) in [6.07, 6.45) is 0. The lowest BCUT2D eigenvalue weighted by atomic mass is 10.1. The Bertz CT molecular complexity index is 763. The maximum atomic E-state index is 6.24. The number of ether oxygens (including phenoxy) is 1. The predicted octanol–water partition coefficient (Wildman–Crippen LogP) is 6.17. The summed E-state index contributed by atoms with van der Waals surface area (Å²) in [5.41, 5.74) is 2.33. The van der Waals surface area contributed by atoms with Crippen molar-refractivity contribution < 1.29 is 4.74 Å². The Morgan fingerprint density at radius 2 is 1.28 bits per heavy atom. The van der Waals surface area contributed by atoms with E-state index < -0.39 is 0 Å². The standard InChI is InChI=1S/C26H39BrClN3O/c1-5-29(6-2)15-17-31(18-16-30(7-3)8-4)20-23-19-24(27)11-14-26(23)32-21-22-9-12-25(28)13-10-22/h9-14,19H,5-8,15-18,20-21H2,1-4H3. The van der Waals surface area contributed by atoms with Gasteiger partial charge in [0.05, 0.1) is 0 Å². The highest BCUT2D eigenvalue weighted by atomic mass is 79.9. The van der Waals surface area contributed by atoms with E-state index >= 15 is 0 Å². The van der Waals surface area contributed by atoms with Crippen molar-refractivity contribution in [3.05, 3.63) is 63.1 Å². The minimum Gasteiger partial charge on any atom is -0.489 e. The molecule has 0 atom stereocenters. The van der Waals surface area contributed by atoms with E-state index in [0.717, 1.165) is 79.7 Å². The van der Waals surface area contributed by atoms with Crippen molar-refractivity contribution in [1.29, 1.82) is 0 Å². The van der Waals surface area contributed by atoms with Gasteiger partial charge in [0.2, 0.25) is 0 Å². The third-order valence-electron chi connectivity index (χ3n) is 5.98. The maximum Gasteiger partial charge on any atom is 0.124 e. The summed E-state index contributed by atoms with van der Waals surface area (Å²) >= 11 is 9.67. The number of rotatable bonds is 15. The lowest BCUT2D eigenvalue weighted by Crippen LogP contribution is -2.39. The number of likely N-dealkylation sites (N-methyl/N-ethyl adjacent to an activating group) is 2. The van der Waals surface area contributed by atoms with Crippen molar-refractivity contribution in [2.45, 2.75) is 40.8 Å². The fourth-order valence-corrected chi connectivity index (χ4v) is 4.24. The largest absolute Gasteiger partial charge is 0.489 e. The molecule has 0 radical (unpaired) electrons. The van der Waals surface area contributed by atoms with Crippen molar-refractivity contribution in [3.63, 3.8) is 0 Å². The van der Waals surface area contributed by atoms with E-state index in [1.807, 2.05) is 24.3 Å². The third kappa shape index (κ3) is 9.40. The van der Waals surface area contributed by atoms with E-state index in [4.69, 9.17) is 16.3 Å². The molecule has 0 amide bonds. The number of benzene rings is 2. The van der Waals surface area contributed by atoms with Gasteiger partial charge in [0.15, 0.2) is 0 Å². The maximum absolute atomic E-state index is 6.24. The van der Waals surface area contributed by atoms with Gasteiger partial charge in [0, 0.05) is 47.8 Å². The van der Waals surface area contributed by atoms with Crippen molar-refractivity contribution in [2.75, 3.05) is 52.4 Å². The Morgan fingerprint density at radius 1 is 0.750 bits per heavy atom. The monoisotopic (exact) mass is 523 g/mol. The Morgan fingerprint density at radius 3 is 1.81 bits per heavy atom. The van der Waals surface area contributed by atoms with Gasteiger partial charge in [-0.25, -0.2) is 0 Å². The zero-order chi connectivity index (χ0) is 23.3. The number of hydrogen-bond acceptors (Lipinski definition) is 4. The molecule has 0 fully saturated rings. The molecular weight excluding hydrogens is 486 g/mol. The van der Waals surface area contributed by atoms with Gasteiger partial charge in [-0.3, -0.25) is 4.90 Å². The van der Waals surface area contributed by atoms with E-state index in [1.54, 1.807) is 0 Å². The summed E-state index contributed by atoms with van der Waals surface area (Å²) < 4.78 is 7.33. The minimum absolute atomic E-state index is 0.532. The number of hydrogen-bond donors (Lipinski definition) is 0. The van der Waals surface area contributed by atoms with E-state index in [-0.39, 0.29) is 0 Å². The molecule has 0 aromatic heterocycles. The average molecular weight is 525 g/mol. The van der Waals surface area contributed by atoms with E-state index in [1.165, 1.54) is 5.56 Å². The van der Waals surface area contributed by atoms with Crippen LogP contribution >= 0.6 is 27.5 Å². The van der Waals surface area contributed by atoms with Crippen LogP contribution in [0.5, 0.6) is 5.75 Å². The zero-order valence-corrected chi connectivity index (χ0v) is 22.5. The number of nitrogens with zero attached hydrogens (tertiary/aromatic N) is 3. The van der Waals surface area contributed by atoms with Gasteiger partial charge in [-0.1, -0.05) is 67.4 Å². The molecule has 4 nitrogen and oxygen atoms in total. The summed E-state index contributed by atoms with van der Waals surface area (Å²) in [6.45, 7) is 19.0. The molecule has 2 rings (SSSR count). The lowest BCUT2D eigenvalue weighted by molar-refractivity contribution is 0.178. The van der Waals surface area contributed by atoms with Gasteiger partial charge < -0.3 is 14.5 Å². The molecule has 0 aliphatic heterocycles. The SMILES string of the molecule is CCN(CC)CCN(CCN(CC)CC)Cc1cc(Br)ccc1OCc1ccc(Cl)cc1. The zero-order valence-electron chi connectivity index (χ0n) is 20.1. The molecule has 0 spiro atoms. The average Bonchev–Trinajstić information content (AvgIpc) is 2.80. The van der Waals surface area contributed by atoms with Gasteiger partial charge >= 0.3 is 0 Å². The quantitative estimate of drug-likeness (QED) is 0.277. The smallest absolute Gasteiger partial charge is 0.124 e. The number of halogens is 2. The normalized spacial score (nSPS) is 11.7. The molecule has 0 saturated carbocycles. The molecular formula is C26H39BrClN3O. The fraction of sp³-hybridized carbons (Fsp3) is 0.538. The van der Waals surface area contributed by atoms with Crippen LogP contribution in [-0.4, -0.2) is 67.1 Å². The van der Waals surface area contributed by atoms with Crippen LogP contribution in [0.2, 0.25) is 5.02 Å². The van der Waals surface area contributed by atoms with Crippen LogP contribution in [0, 0.1) is 0 Å². The Balaban J connectivity index is 2.12. The molecule has 0 saturated heterocycles. The van der Waals surface area contributed by atoms with Crippen LogP contribution in [0.15, 0.2) is 46.9 Å². The van der Waals surface area contributed by atoms with Gasteiger partial charge in [0.1, 0.15) is 12.4 Å². The molecule has 0 unspecified atom stereocenters.